The van der Waals surface area contributed by atoms with Crippen molar-refractivity contribution < 1.29 is 0 Å². The van der Waals surface area contributed by atoms with Crippen molar-refractivity contribution in [3.8, 4) is 0 Å². The van der Waals surface area contributed by atoms with Gasteiger partial charge in [-0.05, 0) is 35.2 Å². The Morgan fingerprint density at radius 3 is 1.81 bits per heavy atom. The quantitative estimate of drug-likeness (QED) is 0.323. The SMILES string of the molecule is CC(C)[Si](Sc1ccccc1C=N[C@@H](C)c1ccccc1)(C(C)C)C(C)C. The Morgan fingerprint density at radius 1 is 0.741 bits per heavy atom. The van der Waals surface area contributed by atoms with Crippen molar-refractivity contribution in [1.82, 2.24) is 0 Å². The standard InChI is InChI=1S/C24H35NSSi/c1-18(2)27(19(3)4,20(5)6)26-24-16-12-11-15-23(24)17-25-21(7)22-13-9-8-10-14-22/h8-21H,1-7H3/t21-/m0/s1. The summed E-state index contributed by atoms with van der Waals surface area (Å²) in [6.07, 6.45) is 2.08. The van der Waals surface area contributed by atoms with Crippen LogP contribution in [0.4, 0.5) is 0 Å². The molecule has 1 atom stereocenters. The minimum atomic E-state index is -1.56. The summed E-state index contributed by atoms with van der Waals surface area (Å²) < 4.78 is 0. The van der Waals surface area contributed by atoms with Crippen molar-refractivity contribution in [2.24, 2.45) is 4.99 Å². The minimum Gasteiger partial charge on any atom is -0.285 e. The highest BCUT2D eigenvalue weighted by Gasteiger charge is 2.44. The molecule has 0 heterocycles. The van der Waals surface area contributed by atoms with Gasteiger partial charge < -0.3 is 0 Å². The van der Waals surface area contributed by atoms with Gasteiger partial charge in [0.25, 0.3) is 0 Å². The molecule has 0 saturated carbocycles. The molecule has 0 N–H and O–H groups in total. The Balaban J connectivity index is 2.33. The van der Waals surface area contributed by atoms with E-state index in [2.05, 4.69) is 120 Å². The van der Waals surface area contributed by atoms with Crippen molar-refractivity contribution in [2.45, 2.75) is 76.0 Å². The highest BCUT2D eigenvalue weighted by molar-refractivity contribution is 8.29. The number of hydrogen-bond donors (Lipinski definition) is 0. The molecule has 0 unspecified atom stereocenters. The lowest BCUT2D eigenvalue weighted by Crippen LogP contribution is -2.41. The van der Waals surface area contributed by atoms with Gasteiger partial charge >= 0.3 is 0 Å². The minimum absolute atomic E-state index is 0.173. The zero-order valence-electron chi connectivity index (χ0n) is 17.9. The Hall–Kier alpha value is -1.32. The normalized spacial score (nSPS) is 13.9. The predicted octanol–water partition coefficient (Wildman–Crippen LogP) is 8.13. The largest absolute Gasteiger partial charge is 0.285 e. The maximum absolute atomic E-state index is 4.87. The van der Waals surface area contributed by atoms with E-state index in [1.165, 1.54) is 16.0 Å². The first kappa shape index (κ1) is 22.0. The van der Waals surface area contributed by atoms with Crippen LogP contribution in [0, 0.1) is 0 Å². The van der Waals surface area contributed by atoms with E-state index in [0.717, 1.165) is 16.6 Å². The van der Waals surface area contributed by atoms with Crippen LogP contribution in [0.1, 0.15) is 65.6 Å². The summed E-state index contributed by atoms with van der Waals surface area (Å²) in [5, 5.41) is 0. The third-order valence-electron chi connectivity index (χ3n) is 5.63. The predicted molar refractivity (Wildman–Crippen MR) is 126 cm³/mol. The van der Waals surface area contributed by atoms with E-state index in [-0.39, 0.29) is 6.04 Å². The highest BCUT2D eigenvalue weighted by atomic mass is 32.4. The molecule has 0 saturated heterocycles. The van der Waals surface area contributed by atoms with Gasteiger partial charge in [-0.25, -0.2) is 0 Å². The maximum Gasteiger partial charge on any atom is 0.131 e. The third kappa shape index (κ3) is 5.14. The smallest absolute Gasteiger partial charge is 0.131 e. The first-order valence-electron chi connectivity index (χ1n) is 10.1. The molecule has 0 aliphatic rings. The Labute approximate surface area is 171 Å². The number of aliphatic imine (C=N–C) groups is 1. The maximum atomic E-state index is 4.87. The molecule has 0 fully saturated rings. The van der Waals surface area contributed by atoms with Crippen molar-refractivity contribution >= 4 is 24.6 Å². The zero-order chi connectivity index (χ0) is 20.0. The molecule has 0 amide bonds. The van der Waals surface area contributed by atoms with Crippen LogP contribution in [-0.4, -0.2) is 13.4 Å². The lowest BCUT2D eigenvalue weighted by molar-refractivity contribution is 0.825. The van der Waals surface area contributed by atoms with E-state index < -0.39 is 7.22 Å². The summed E-state index contributed by atoms with van der Waals surface area (Å²) in [5.41, 5.74) is 4.71. The molecule has 1 nitrogen and oxygen atoms in total. The van der Waals surface area contributed by atoms with E-state index in [1.54, 1.807) is 0 Å². The molecule has 0 bridgehead atoms. The molecule has 3 heteroatoms. The monoisotopic (exact) mass is 397 g/mol. The van der Waals surface area contributed by atoms with Crippen LogP contribution in [0.2, 0.25) is 16.6 Å². The van der Waals surface area contributed by atoms with Crippen LogP contribution < -0.4 is 0 Å². The van der Waals surface area contributed by atoms with E-state index in [1.807, 2.05) is 0 Å². The molecule has 27 heavy (non-hydrogen) atoms. The Morgan fingerprint density at radius 2 is 1.26 bits per heavy atom. The van der Waals surface area contributed by atoms with Crippen LogP contribution in [0.3, 0.4) is 0 Å². The molecular weight excluding hydrogens is 362 g/mol. The number of hydrogen-bond acceptors (Lipinski definition) is 2. The molecule has 2 aromatic carbocycles. The summed E-state index contributed by atoms with van der Waals surface area (Å²) in [4.78, 5) is 6.26. The summed E-state index contributed by atoms with van der Waals surface area (Å²) in [6, 6.07) is 19.5. The molecule has 0 radical (unpaired) electrons. The van der Waals surface area contributed by atoms with Gasteiger partial charge in [0.15, 0.2) is 0 Å². The van der Waals surface area contributed by atoms with E-state index in [4.69, 9.17) is 4.99 Å². The van der Waals surface area contributed by atoms with Crippen molar-refractivity contribution in [1.29, 1.82) is 0 Å². The third-order valence-corrected chi connectivity index (χ3v) is 18.0. The van der Waals surface area contributed by atoms with E-state index >= 15 is 0 Å². The van der Waals surface area contributed by atoms with Gasteiger partial charge in [-0.15, -0.1) is 11.2 Å². The van der Waals surface area contributed by atoms with E-state index in [9.17, 15) is 0 Å². The van der Waals surface area contributed by atoms with Crippen LogP contribution >= 0.6 is 11.2 Å². The molecule has 0 aliphatic heterocycles. The topological polar surface area (TPSA) is 12.4 Å². The van der Waals surface area contributed by atoms with Gasteiger partial charge in [-0.2, -0.15) is 0 Å². The lowest BCUT2D eigenvalue weighted by atomic mass is 10.1. The summed E-state index contributed by atoms with van der Waals surface area (Å²) in [6.45, 7) is 16.7. The van der Waals surface area contributed by atoms with Crippen LogP contribution in [0.15, 0.2) is 64.5 Å². The summed E-state index contributed by atoms with van der Waals surface area (Å²) in [5.74, 6) is 0. The average molecular weight is 398 g/mol. The second-order valence-electron chi connectivity index (χ2n) is 8.32. The zero-order valence-corrected chi connectivity index (χ0v) is 19.8. The van der Waals surface area contributed by atoms with Gasteiger partial charge in [0.2, 0.25) is 0 Å². The Bertz CT molecular complexity index is 715. The van der Waals surface area contributed by atoms with Gasteiger partial charge in [-0.1, -0.05) is 90.1 Å². The molecule has 0 spiro atoms. The fourth-order valence-corrected chi connectivity index (χ4v) is 13.5. The van der Waals surface area contributed by atoms with Crippen molar-refractivity contribution in [3.63, 3.8) is 0 Å². The van der Waals surface area contributed by atoms with Crippen molar-refractivity contribution in [3.05, 3.63) is 65.7 Å². The fraction of sp³-hybridized carbons (Fsp3) is 0.458. The first-order valence-corrected chi connectivity index (χ1v) is 13.9. The van der Waals surface area contributed by atoms with Crippen LogP contribution in [0.25, 0.3) is 0 Å². The molecule has 0 aromatic heterocycles. The lowest BCUT2D eigenvalue weighted by Gasteiger charge is -2.42. The number of benzene rings is 2. The van der Waals surface area contributed by atoms with Gasteiger partial charge in [0, 0.05) is 16.7 Å². The Kier molecular flexibility index (Phi) is 7.93. The number of nitrogens with zero attached hydrogens (tertiary/aromatic N) is 1. The average Bonchev–Trinajstić information content (AvgIpc) is 2.64. The van der Waals surface area contributed by atoms with E-state index in [0.29, 0.717) is 0 Å². The highest BCUT2D eigenvalue weighted by Crippen LogP contribution is 2.52. The second-order valence-corrected chi connectivity index (χ2v) is 16.9. The van der Waals surface area contributed by atoms with Gasteiger partial charge in [0.05, 0.1) is 6.04 Å². The van der Waals surface area contributed by atoms with Crippen LogP contribution in [-0.2, 0) is 0 Å². The molecule has 2 aromatic rings. The molecular formula is C24H35NSSi. The number of rotatable bonds is 8. The summed E-state index contributed by atoms with van der Waals surface area (Å²) >= 11 is 2.18. The second kappa shape index (κ2) is 9.75. The van der Waals surface area contributed by atoms with Gasteiger partial charge in [0.1, 0.15) is 7.22 Å². The molecule has 2 rings (SSSR count). The van der Waals surface area contributed by atoms with Crippen molar-refractivity contribution in [2.75, 3.05) is 0 Å². The van der Waals surface area contributed by atoms with Gasteiger partial charge in [-0.3, -0.25) is 4.99 Å². The first-order chi connectivity index (χ1) is 12.8. The molecule has 0 aliphatic carbocycles. The fourth-order valence-electron chi connectivity index (χ4n) is 4.23. The van der Waals surface area contributed by atoms with Crippen LogP contribution in [0.5, 0.6) is 0 Å². The molecule has 146 valence electrons. The summed E-state index contributed by atoms with van der Waals surface area (Å²) in [7, 11) is -1.56.